The third-order valence-corrected chi connectivity index (χ3v) is 7.57. The largest absolute Gasteiger partial charge is 0.480 e. The molecule has 10 heteroatoms. The molecule has 2 atom stereocenters. The number of rotatable bonds is 9. The zero-order valence-corrected chi connectivity index (χ0v) is 22.4. The molecule has 3 N–H and O–H groups in total. The monoisotopic (exact) mass is 545 g/mol. The van der Waals surface area contributed by atoms with Gasteiger partial charge in [-0.25, -0.2) is 9.78 Å². The third-order valence-electron chi connectivity index (χ3n) is 6.57. The standard InChI is InChI=1S/C29H27N3O6S/c1-4-17-9-20-25(37-13-21(26(20)33)28-31-15(2)14-39-28)11-24(17)38-16(3)27(34)32-23(29(35)36)10-18-12-30-22-8-6-5-7-19(18)22/h5-9,11-14,16,23,30H,4,10H2,1-3H3,(H,32,34)(H,35,36)/t16-,23+/m0/s1. The number of nitrogens with one attached hydrogen (secondary N) is 2. The summed E-state index contributed by atoms with van der Waals surface area (Å²) in [7, 11) is 0. The summed E-state index contributed by atoms with van der Waals surface area (Å²) >= 11 is 1.37. The smallest absolute Gasteiger partial charge is 0.326 e. The van der Waals surface area contributed by atoms with Gasteiger partial charge in [0.25, 0.3) is 5.91 Å². The summed E-state index contributed by atoms with van der Waals surface area (Å²) in [5, 5.41) is 16.1. The average molecular weight is 546 g/mol. The molecule has 0 aliphatic rings. The number of aryl methyl sites for hydroxylation is 2. The van der Waals surface area contributed by atoms with Crippen LogP contribution < -0.4 is 15.5 Å². The lowest BCUT2D eigenvalue weighted by atomic mass is 10.0. The number of thiazole rings is 1. The summed E-state index contributed by atoms with van der Waals surface area (Å²) < 4.78 is 11.7. The predicted molar refractivity (Wildman–Crippen MR) is 149 cm³/mol. The summed E-state index contributed by atoms with van der Waals surface area (Å²) in [4.78, 5) is 45.7. The topological polar surface area (TPSA) is 135 Å². The van der Waals surface area contributed by atoms with Crippen molar-refractivity contribution in [3.8, 4) is 16.3 Å². The molecule has 0 radical (unpaired) electrons. The van der Waals surface area contributed by atoms with Crippen molar-refractivity contribution in [2.24, 2.45) is 0 Å². The third kappa shape index (κ3) is 5.28. The molecule has 0 spiro atoms. The highest BCUT2D eigenvalue weighted by Crippen LogP contribution is 2.29. The molecule has 0 aliphatic carbocycles. The minimum absolute atomic E-state index is 0.111. The fraction of sp³-hybridized carbons (Fsp3) is 0.241. The van der Waals surface area contributed by atoms with Crippen LogP contribution in [0.3, 0.4) is 0 Å². The van der Waals surface area contributed by atoms with Gasteiger partial charge >= 0.3 is 5.97 Å². The number of para-hydroxylation sites is 1. The van der Waals surface area contributed by atoms with Crippen molar-refractivity contribution in [3.63, 3.8) is 0 Å². The number of aliphatic carboxylic acids is 1. The number of ether oxygens (including phenoxy) is 1. The van der Waals surface area contributed by atoms with Crippen molar-refractivity contribution in [2.75, 3.05) is 0 Å². The molecule has 0 aliphatic heterocycles. The number of carbonyl (C=O) groups is 2. The van der Waals surface area contributed by atoms with Gasteiger partial charge < -0.3 is 24.6 Å². The number of H-pyrrole nitrogens is 1. The Hall–Kier alpha value is -4.44. The Morgan fingerprint density at radius 1 is 1.21 bits per heavy atom. The van der Waals surface area contributed by atoms with Crippen molar-refractivity contribution in [3.05, 3.63) is 81.3 Å². The molecule has 9 nitrogen and oxygen atoms in total. The first kappa shape index (κ1) is 26.2. The number of nitrogens with zero attached hydrogens (tertiary/aromatic N) is 1. The second-order valence-corrected chi connectivity index (χ2v) is 10.2. The van der Waals surface area contributed by atoms with Crippen LogP contribution in [0.15, 0.2) is 63.4 Å². The maximum absolute atomic E-state index is 13.2. The summed E-state index contributed by atoms with van der Waals surface area (Å²) in [6.07, 6.45) is 2.79. The van der Waals surface area contributed by atoms with Crippen LogP contribution in [0.5, 0.6) is 5.75 Å². The van der Waals surface area contributed by atoms with Crippen LogP contribution >= 0.6 is 11.3 Å². The molecule has 5 aromatic rings. The van der Waals surface area contributed by atoms with E-state index >= 15 is 0 Å². The maximum Gasteiger partial charge on any atom is 0.326 e. The normalized spacial score (nSPS) is 12.9. The first-order valence-corrected chi connectivity index (χ1v) is 13.4. The molecule has 5 rings (SSSR count). The van der Waals surface area contributed by atoms with E-state index in [0.717, 1.165) is 27.7 Å². The predicted octanol–water partition coefficient (Wildman–Crippen LogP) is 4.85. The highest BCUT2D eigenvalue weighted by Gasteiger charge is 2.26. The molecule has 0 unspecified atom stereocenters. The number of fused-ring (bicyclic) bond motifs is 2. The molecule has 3 heterocycles. The van der Waals surface area contributed by atoms with Gasteiger partial charge in [-0.05, 0) is 43.5 Å². The summed E-state index contributed by atoms with van der Waals surface area (Å²) in [6.45, 7) is 5.32. The Morgan fingerprint density at radius 3 is 2.72 bits per heavy atom. The van der Waals surface area contributed by atoms with E-state index in [1.54, 1.807) is 25.3 Å². The molecule has 200 valence electrons. The second-order valence-electron chi connectivity index (χ2n) is 9.31. The Labute approximate surface area is 227 Å². The van der Waals surface area contributed by atoms with E-state index in [-0.39, 0.29) is 11.8 Å². The Balaban J connectivity index is 1.35. The van der Waals surface area contributed by atoms with Gasteiger partial charge in [-0.1, -0.05) is 25.1 Å². The molecular weight excluding hydrogens is 518 g/mol. The van der Waals surface area contributed by atoms with Gasteiger partial charge in [0.15, 0.2) is 6.10 Å². The molecule has 0 bridgehead atoms. The van der Waals surface area contributed by atoms with Crippen LogP contribution in [-0.4, -0.2) is 39.1 Å². The lowest BCUT2D eigenvalue weighted by Crippen LogP contribution is -2.47. The molecule has 0 fully saturated rings. The van der Waals surface area contributed by atoms with Gasteiger partial charge in [-0.15, -0.1) is 11.3 Å². The van der Waals surface area contributed by atoms with Crippen LogP contribution in [0.25, 0.3) is 32.4 Å². The van der Waals surface area contributed by atoms with E-state index in [0.29, 0.717) is 33.7 Å². The minimum Gasteiger partial charge on any atom is -0.480 e. The lowest BCUT2D eigenvalue weighted by Gasteiger charge is -2.20. The summed E-state index contributed by atoms with van der Waals surface area (Å²) in [5.74, 6) is -1.33. The summed E-state index contributed by atoms with van der Waals surface area (Å²) in [5.41, 5.74) is 3.74. The van der Waals surface area contributed by atoms with Crippen LogP contribution in [0.1, 0.15) is 30.7 Å². The summed E-state index contributed by atoms with van der Waals surface area (Å²) in [6, 6.07) is 9.73. The van der Waals surface area contributed by atoms with E-state index in [2.05, 4.69) is 15.3 Å². The molecule has 0 saturated heterocycles. The number of hydrogen-bond donors (Lipinski definition) is 3. The minimum atomic E-state index is -1.14. The zero-order chi connectivity index (χ0) is 27.7. The molecule has 2 aromatic carbocycles. The van der Waals surface area contributed by atoms with Crippen LogP contribution in [0, 0.1) is 6.92 Å². The van der Waals surface area contributed by atoms with Crippen molar-refractivity contribution in [1.29, 1.82) is 0 Å². The number of carboxylic acids is 1. The second kappa shape index (κ2) is 10.7. The van der Waals surface area contributed by atoms with E-state index in [9.17, 15) is 19.5 Å². The highest BCUT2D eigenvalue weighted by atomic mass is 32.1. The Kier molecular flexibility index (Phi) is 7.21. The number of benzene rings is 2. The lowest BCUT2D eigenvalue weighted by molar-refractivity contribution is -0.142. The zero-order valence-electron chi connectivity index (χ0n) is 21.6. The van der Waals surface area contributed by atoms with Gasteiger partial charge in [0.05, 0.1) is 10.9 Å². The van der Waals surface area contributed by atoms with Crippen molar-refractivity contribution < 1.29 is 23.8 Å². The Bertz CT molecular complexity index is 1750. The fourth-order valence-electron chi connectivity index (χ4n) is 4.47. The molecule has 1 amide bonds. The van der Waals surface area contributed by atoms with Gasteiger partial charge in [-0.3, -0.25) is 9.59 Å². The first-order chi connectivity index (χ1) is 18.7. The van der Waals surface area contributed by atoms with E-state index in [1.165, 1.54) is 17.6 Å². The maximum atomic E-state index is 13.2. The number of carboxylic acid groups (broad SMARTS) is 1. The highest BCUT2D eigenvalue weighted by molar-refractivity contribution is 7.13. The molecule has 0 saturated carbocycles. The average Bonchev–Trinajstić information content (AvgIpc) is 3.54. The van der Waals surface area contributed by atoms with E-state index in [1.807, 2.05) is 43.5 Å². The van der Waals surface area contributed by atoms with Crippen LogP contribution in [0.2, 0.25) is 0 Å². The van der Waals surface area contributed by atoms with Crippen LogP contribution in [0.4, 0.5) is 0 Å². The Morgan fingerprint density at radius 2 is 2.00 bits per heavy atom. The van der Waals surface area contributed by atoms with Crippen molar-refractivity contribution in [1.82, 2.24) is 15.3 Å². The number of aromatic nitrogens is 2. The molecule has 3 aromatic heterocycles. The van der Waals surface area contributed by atoms with Gasteiger partial charge in [0, 0.05) is 40.7 Å². The van der Waals surface area contributed by atoms with Gasteiger partial charge in [0.1, 0.15) is 28.6 Å². The molecular formula is C29H27N3O6S. The first-order valence-electron chi connectivity index (χ1n) is 12.5. The molecule has 39 heavy (non-hydrogen) atoms. The quantitative estimate of drug-likeness (QED) is 0.241. The number of carbonyl (C=O) groups excluding carboxylic acids is 1. The van der Waals surface area contributed by atoms with E-state index in [4.69, 9.17) is 9.15 Å². The van der Waals surface area contributed by atoms with E-state index < -0.39 is 24.0 Å². The number of amides is 1. The van der Waals surface area contributed by atoms with Gasteiger partial charge in [0.2, 0.25) is 5.43 Å². The van der Waals surface area contributed by atoms with Crippen LogP contribution in [-0.2, 0) is 22.4 Å². The fourth-order valence-corrected chi connectivity index (χ4v) is 5.27. The number of hydrogen-bond acceptors (Lipinski definition) is 7. The SMILES string of the molecule is CCc1cc2c(=O)c(-c3nc(C)cs3)coc2cc1O[C@@H](C)C(=O)N[C@H](Cc1c[nH]c2ccccc12)C(=O)O. The number of aromatic amines is 1. The van der Waals surface area contributed by atoms with Gasteiger partial charge in [-0.2, -0.15) is 0 Å². The van der Waals surface area contributed by atoms with Crippen molar-refractivity contribution >= 4 is 45.1 Å². The van der Waals surface area contributed by atoms with Crippen molar-refractivity contribution in [2.45, 2.75) is 45.8 Å².